The standard InChI is InChI=1S/C10H13BrO3/c1-5-7(4-12)9(13)10(14-3)6(2)8(5)11/h12-13H,4H2,1-3H3. The second-order valence-electron chi connectivity index (χ2n) is 3.08. The highest BCUT2D eigenvalue weighted by molar-refractivity contribution is 9.10. The molecular weight excluding hydrogens is 248 g/mol. The number of benzene rings is 1. The largest absolute Gasteiger partial charge is 0.504 e. The number of aliphatic hydroxyl groups is 1. The van der Waals surface area contributed by atoms with Crippen molar-refractivity contribution in [2.24, 2.45) is 0 Å². The van der Waals surface area contributed by atoms with Gasteiger partial charge in [-0.15, -0.1) is 0 Å². The van der Waals surface area contributed by atoms with E-state index >= 15 is 0 Å². The Morgan fingerprint density at radius 3 is 2.29 bits per heavy atom. The molecule has 0 unspecified atom stereocenters. The van der Waals surface area contributed by atoms with Crippen LogP contribution < -0.4 is 4.74 Å². The molecule has 0 spiro atoms. The highest BCUT2D eigenvalue weighted by atomic mass is 79.9. The maximum Gasteiger partial charge on any atom is 0.164 e. The summed E-state index contributed by atoms with van der Waals surface area (Å²) in [6.07, 6.45) is 0. The van der Waals surface area contributed by atoms with E-state index in [-0.39, 0.29) is 12.4 Å². The Kier molecular flexibility index (Phi) is 3.39. The van der Waals surface area contributed by atoms with Crippen LogP contribution in [0.3, 0.4) is 0 Å². The fourth-order valence-electron chi connectivity index (χ4n) is 1.45. The number of ether oxygens (including phenoxy) is 1. The first kappa shape index (κ1) is 11.3. The van der Waals surface area contributed by atoms with Gasteiger partial charge in [0.1, 0.15) is 0 Å². The maximum atomic E-state index is 9.77. The minimum atomic E-state index is -0.201. The van der Waals surface area contributed by atoms with Crippen molar-refractivity contribution in [2.45, 2.75) is 20.5 Å². The van der Waals surface area contributed by atoms with Gasteiger partial charge in [-0.25, -0.2) is 0 Å². The monoisotopic (exact) mass is 260 g/mol. The molecule has 1 aromatic carbocycles. The molecule has 1 rings (SSSR count). The van der Waals surface area contributed by atoms with Crippen LogP contribution >= 0.6 is 15.9 Å². The molecule has 3 nitrogen and oxygen atoms in total. The zero-order chi connectivity index (χ0) is 10.9. The fourth-order valence-corrected chi connectivity index (χ4v) is 1.87. The van der Waals surface area contributed by atoms with Crippen LogP contribution in [-0.2, 0) is 6.61 Å². The Morgan fingerprint density at radius 2 is 1.86 bits per heavy atom. The Balaban J connectivity index is 3.56. The lowest BCUT2D eigenvalue weighted by molar-refractivity contribution is 0.271. The van der Waals surface area contributed by atoms with Crippen molar-refractivity contribution in [2.75, 3.05) is 7.11 Å². The lowest BCUT2D eigenvalue weighted by atomic mass is 10.0. The van der Waals surface area contributed by atoms with E-state index in [4.69, 9.17) is 9.84 Å². The molecule has 4 heteroatoms. The topological polar surface area (TPSA) is 49.7 Å². The molecule has 0 aliphatic rings. The van der Waals surface area contributed by atoms with Crippen molar-refractivity contribution in [3.63, 3.8) is 0 Å². The molecular formula is C10H13BrO3. The second-order valence-corrected chi connectivity index (χ2v) is 3.88. The van der Waals surface area contributed by atoms with Gasteiger partial charge in [-0.1, -0.05) is 15.9 Å². The van der Waals surface area contributed by atoms with Gasteiger partial charge in [0.05, 0.1) is 13.7 Å². The first-order valence-corrected chi connectivity index (χ1v) is 4.99. The molecule has 0 aliphatic heterocycles. The molecule has 14 heavy (non-hydrogen) atoms. The van der Waals surface area contributed by atoms with Gasteiger partial charge >= 0.3 is 0 Å². The summed E-state index contributed by atoms with van der Waals surface area (Å²) in [6.45, 7) is 3.48. The molecule has 0 saturated heterocycles. The van der Waals surface area contributed by atoms with Crippen molar-refractivity contribution < 1.29 is 14.9 Å². The summed E-state index contributed by atoms with van der Waals surface area (Å²) in [5.74, 6) is 0.430. The van der Waals surface area contributed by atoms with Crippen molar-refractivity contribution in [3.05, 3.63) is 21.2 Å². The van der Waals surface area contributed by atoms with E-state index < -0.39 is 0 Å². The lowest BCUT2D eigenvalue weighted by Crippen LogP contribution is -1.98. The third kappa shape index (κ3) is 1.60. The number of phenols is 1. The third-order valence-corrected chi connectivity index (χ3v) is 3.50. The number of hydrogen-bond donors (Lipinski definition) is 2. The summed E-state index contributed by atoms with van der Waals surface area (Å²) in [5, 5.41) is 18.9. The van der Waals surface area contributed by atoms with Crippen LogP contribution in [0.25, 0.3) is 0 Å². The van der Waals surface area contributed by atoms with Crippen molar-refractivity contribution in [3.8, 4) is 11.5 Å². The Labute approximate surface area is 91.5 Å². The predicted octanol–water partition coefficient (Wildman–Crippen LogP) is 2.27. The van der Waals surface area contributed by atoms with Crippen molar-refractivity contribution in [1.29, 1.82) is 0 Å². The van der Waals surface area contributed by atoms with E-state index in [1.54, 1.807) is 0 Å². The second kappa shape index (κ2) is 4.19. The third-order valence-electron chi connectivity index (χ3n) is 2.31. The SMILES string of the molecule is COc1c(C)c(Br)c(C)c(CO)c1O. The molecule has 0 amide bonds. The van der Waals surface area contributed by atoms with E-state index in [0.29, 0.717) is 11.3 Å². The average molecular weight is 261 g/mol. The zero-order valence-electron chi connectivity index (χ0n) is 8.39. The minimum Gasteiger partial charge on any atom is -0.504 e. The molecule has 0 fully saturated rings. The summed E-state index contributed by atoms with van der Waals surface area (Å²) >= 11 is 3.39. The molecule has 0 aromatic heterocycles. The summed E-state index contributed by atoms with van der Waals surface area (Å²) in [4.78, 5) is 0. The molecule has 78 valence electrons. The van der Waals surface area contributed by atoms with E-state index in [2.05, 4.69) is 15.9 Å². The first-order chi connectivity index (χ1) is 6.54. The molecule has 0 heterocycles. The lowest BCUT2D eigenvalue weighted by Gasteiger charge is -2.15. The summed E-state index contributed by atoms with van der Waals surface area (Å²) < 4.78 is 5.92. The fraction of sp³-hybridized carbons (Fsp3) is 0.400. The predicted molar refractivity (Wildman–Crippen MR) is 57.8 cm³/mol. The average Bonchev–Trinajstić information content (AvgIpc) is 2.16. The van der Waals surface area contributed by atoms with E-state index in [1.807, 2.05) is 13.8 Å². The number of rotatable bonds is 2. The quantitative estimate of drug-likeness (QED) is 0.858. The van der Waals surface area contributed by atoms with Crippen LogP contribution in [0.1, 0.15) is 16.7 Å². The van der Waals surface area contributed by atoms with Gasteiger partial charge in [0.2, 0.25) is 0 Å². The molecule has 0 atom stereocenters. The van der Waals surface area contributed by atoms with Crippen LogP contribution in [0.5, 0.6) is 11.5 Å². The number of methoxy groups -OCH3 is 1. The van der Waals surface area contributed by atoms with Crippen molar-refractivity contribution in [1.82, 2.24) is 0 Å². The van der Waals surface area contributed by atoms with E-state index in [1.165, 1.54) is 7.11 Å². The van der Waals surface area contributed by atoms with E-state index in [9.17, 15) is 5.11 Å². The summed E-state index contributed by atoms with van der Waals surface area (Å²) in [6, 6.07) is 0. The number of halogens is 1. The van der Waals surface area contributed by atoms with E-state index in [0.717, 1.165) is 15.6 Å². The van der Waals surface area contributed by atoms with Crippen LogP contribution in [0.2, 0.25) is 0 Å². The van der Waals surface area contributed by atoms with Crippen LogP contribution in [-0.4, -0.2) is 17.3 Å². The zero-order valence-corrected chi connectivity index (χ0v) is 9.97. The van der Waals surface area contributed by atoms with Crippen molar-refractivity contribution >= 4 is 15.9 Å². The molecule has 0 saturated carbocycles. The van der Waals surface area contributed by atoms with Crippen LogP contribution in [0.4, 0.5) is 0 Å². The number of aliphatic hydroxyl groups excluding tert-OH is 1. The molecule has 0 aliphatic carbocycles. The van der Waals surface area contributed by atoms with Gasteiger partial charge < -0.3 is 14.9 Å². The number of aromatic hydroxyl groups is 1. The first-order valence-electron chi connectivity index (χ1n) is 4.19. The van der Waals surface area contributed by atoms with Crippen LogP contribution in [0, 0.1) is 13.8 Å². The highest BCUT2D eigenvalue weighted by Crippen LogP contribution is 2.40. The molecule has 1 aromatic rings. The van der Waals surface area contributed by atoms with Gasteiger partial charge in [0.15, 0.2) is 11.5 Å². The Hall–Kier alpha value is -0.740. The maximum absolute atomic E-state index is 9.77. The van der Waals surface area contributed by atoms with Gasteiger partial charge in [-0.05, 0) is 19.4 Å². The highest BCUT2D eigenvalue weighted by Gasteiger charge is 2.17. The summed E-state index contributed by atoms with van der Waals surface area (Å²) in [7, 11) is 1.49. The number of hydrogen-bond acceptors (Lipinski definition) is 3. The van der Waals surface area contributed by atoms with Gasteiger partial charge in [0, 0.05) is 15.6 Å². The molecule has 2 N–H and O–H groups in total. The molecule has 0 radical (unpaired) electrons. The van der Waals surface area contributed by atoms with Gasteiger partial charge in [-0.2, -0.15) is 0 Å². The Morgan fingerprint density at radius 1 is 1.29 bits per heavy atom. The Bertz CT molecular complexity index is 330. The minimum absolute atomic E-state index is 0.0215. The molecule has 0 bridgehead atoms. The summed E-state index contributed by atoms with van der Waals surface area (Å²) in [5.41, 5.74) is 2.17. The normalized spacial score (nSPS) is 10.4. The van der Waals surface area contributed by atoms with Gasteiger partial charge in [-0.3, -0.25) is 0 Å². The van der Waals surface area contributed by atoms with Crippen LogP contribution in [0.15, 0.2) is 4.47 Å². The smallest absolute Gasteiger partial charge is 0.164 e. The van der Waals surface area contributed by atoms with Gasteiger partial charge in [0.25, 0.3) is 0 Å².